The van der Waals surface area contributed by atoms with Gasteiger partial charge in [-0.1, -0.05) is 32.6 Å². The Kier molecular flexibility index (Phi) is 6.40. The highest BCUT2D eigenvalue weighted by molar-refractivity contribution is 5.80. The lowest BCUT2D eigenvalue weighted by Crippen LogP contribution is -2.44. The summed E-state index contributed by atoms with van der Waals surface area (Å²) in [5, 5.41) is 3.37. The maximum absolute atomic E-state index is 6.15. The number of unbranched alkanes of at least 4 members (excludes halogenated alkanes) is 1. The predicted octanol–water partition coefficient (Wildman–Crippen LogP) is 3.47. The van der Waals surface area contributed by atoms with Crippen LogP contribution in [-0.2, 0) is 0 Å². The van der Waals surface area contributed by atoms with Crippen LogP contribution in [0, 0.1) is 5.92 Å². The van der Waals surface area contributed by atoms with Gasteiger partial charge in [0.15, 0.2) is 11.6 Å². The first-order valence-corrected chi connectivity index (χ1v) is 11.3. The van der Waals surface area contributed by atoms with E-state index in [1.54, 1.807) is 0 Å². The van der Waals surface area contributed by atoms with Gasteiger partial charge < -0.3 is 25.6 Å². The molecule has 0 atom stereocenters. The predicted molar refractivity (Wildman–Crippen MR) is 114 cm³/mol. The minimum Gasteiger partial charge on any atom is -0.463 e. The van der Waals surface area contributed by atoms with E-state index >= 15 is 0 Å². The standard InChI is InChI=1S/C21H36N6O/c1-2-3-13-28-21-24-19(22)18-20(25-21)27(15-23-18)14-16-9-11-26(12-10-16)17-7-5-4-6-8-17/h16-17,23H,2-15H2,1H3,(H2,22,24,25). The van der Waals surface area contributed by atoms with E-state index in [0.717, 1.165) is 43.6 Å². The van der Waals surface area contributed by atoms with Crippen molar-refractivity contribution in [1.29, 1.82) is 0 Å². The molecule has 28 heavy (non-hydrogen) atoms. The second-order valence-corrected chi connectivity index (χ2v) is 8.62. The van der Waals surface area contributed by atoms with E-state index in [1.807, 2.05) is 0 Å². The molecule has 1 aliphatic carbocycles. The molecule has 0 bridgehead atoms. The Morgan fingerprint density at radius 1 is 1.11 bits per heavy atom. The first-order chi connectivity index (χ1) is 13.7. The summed E-state index contributed by atoms with van der Waals surface area (Å²) in [5.74, 6) is 2.12. The minimum atomic E-state index is 0.408. The molecule has 0 aromatic carbocycles. The number of ether oxygens (including phenoxy) is 1. The third-order valence-electron chi connectivity index (χ3n) is 6.59. The molecule has 2 aliphatic heterocycles. The lowest BCUT2D eigenvalue weighted by Gasteiger charge is -2.40. The number of nitrogens with zero attached hydrogens (tertiary/aromatic N) is 4. The second-order valence-electron chi connectivity index (χ2n) is 8.62. The summed E-state index contributed by atoms with van der Waals surface area (Å²) in [5.41, 5.74) is 7.01. The van der Waals surface area contributed by atoms with Crippen molar-refractivity contribution < 1.29 is 4.74 Å². The normalized spacial score (nSPS) is 21.5. The molecule has 3 aliphatic rings. The number of anilines is 3. The van der Waals surface area contributed by atoms with Crippen LogP contribution in [0.25, 0.3) is 0 Å². The number of fused-ring (bicyclic) bond motifs is 1. The van der Waals surface area contributed by atoms with Gasteiger partial charge in [0.2, 0.25) is 0 Å². The van der Waals surface area contributed by atoms with Gasteiger partial charge in [-0.15, -0.1) is 0 Å². The van der Waals surface area contributed by atoms with Crippen LogP contribution in [0.15, 0.2) is 0 Å². The third-order valence-corrected chi connectivity index (χ3v) is 6.59. The number of hydrogen-bond donors (Lipinski definition) is 2. The van der Waals surface area contributed by atoms with E-state index in [2.05, 4.69) is 32.0 Å². The molecule has 0 amide bonds. The lowest BCUT2D eigenvalue weighted by molar-refractivity contribution is 0.108. The SMILES string of the molecule is CCCCOc1nc(N)c2c(n1)N(CC1CCN(C3CCCCC3)CC1)CN2. The van der Waals surface area contributed by atoms with Crippen LogP contribution in [0.4, 0.5) is 17.3 Å². The van der Waals surface area contributed by atoms with E-state index in [0.29, 0.717) is 24.4 Å². The largest absolute Gasteiger partial charge is 0.463 e. The summed E-state index contributed by atoms with van der Waals surface area (Å²) in [6.07, 6.45) is 11.7. The molecular formula is C21H36N6O. The first-order valence-electron chi connectivity index (χ1n) is 11.3. The Morgan fingerprint density at radius 2 is 1.89 bits per heavy atom. The van der Waals surface area contributed by atoms with Crippen molar-refractivity contribution >= 4 is 17.3 Å². The molecule has 4 rings (SSSR count). The van der Waals surface area contributed by atoms with Crippen LogP contribution in [0.5, 0.6) is 6.01 Å². The van der Waals surface area contributed by atoms with E-state index < -0.39 is 0 Å². The van der Waals surface area contributed by atoms with Gasteiger partial charge in [-0.2, -0.15) is 9.97 Å². The molecule has 2 fully saturated rings. The summed E-state index contributed by atoms with van der Waals surface area (Å²) in [6.45, 7) is 7.08. The maximum Gasteiger partial charge on any atom is 0.320 e. The molecule has 0 spiro atoms. The molecule has 7 nitrogen and oxygen atoms in total. The maximum atomic E-state index is 6.15. The topological polar surface area (TPSA) is 79.5 Å². The van der Waals surface area contributed by atoms with Crippen LogP contribution in [0.3, 0.4) is 0 Å². The van der Waals surface area contributed by atoms with E-state index in [4.69, 9.17) is 10.5 Å². The van der Waals surface area contributed by atoms with Crippen molar-refractivity contribution in [3.05, 3.63) is 0 Å². The first kappa shape index (κ1) is 19.6. The van der Waals surface area contributed by atoms with Gasteiger partial charge in [0, 0.05) is 12.6 Å². The van der Waals surface area contributed by atoms with Crippen molar-refractivity contribution in [2.45, 2.75) is 70.8 Å². The van der Waals surface area contributed by atoms with Gasteiger partial charge in [-0.05, 0) is 51.1 Å². The average molecular weight is 389 g/mol. The van der Waals surface area contributed by atoms with Crippen LogP contribution in [-0.4, -0.2) is 53.8 Å². The molecule has 1 aromatic rings. The number of likely N-dealkylation sites (tertiary alicyclic amines) is 1. The van der Waals surface area contributed by atoms with Crippen LogP contribution in [0.2, 0.25) is 0 Å². The van der Waals surface area contributed by atoms with Crippen molar-refractivity contribution in [1.82, 2.24) is 14.9 Å². The molecule has 3 heterocycles. The van der Waals surface area contributed by atoms with Gasteiger partial charge in [-0.25, -0.2) is 0 Å². The van der Waals surface area contributed by atoms with E-state index in [9.17, 15) is 0 Å². The third kappa shape index (κ3) is 4.45. The number of aromatic nitrogens is 2. The number of rotatable bonds is 7. The molecule has 156 valence electrons. The van der Waals surface area contributed by atoms with Crippen LogP contribution in [0.1, 0.15) is 64.7 Å². The zero-order valence-corrected chi connectivity index (χ0v) is 17.3. The van der Waals surface area contributed by atoms with Crippen molar-refractivity contribution in [3.63, 3.8) is 0 Å². The number of nitrogens with one attached hydrogen (secondary N) is 1. The molecule has 1 aromatic heterocycles. The number of piperidine rings is 1. The quantitative estimate of drug-likeness (QED) is 0.692. The number of nitrogen functional groups attached to an aromatic ring is 1. The smallest absolute Gasteiger partial charge is 0.320 e. The Hall–Kier alpha value is -1.76. The van der Waals surface area contributed by atoms with Crippen LogP contribution < -0.4 is 20.7 Å². The molecule has 0 radical (unpaired) electrons. The van der Waals surface area contributed by atoms with Crippen molar-refractivity contribution in [3.8, 4) is 6.01 Å². The second kappa shape index (κ2) is 9.16. The zero-order valence-electron chi connectivity index (χ0n) is 17.3. The highest BCUT2D eigenvalue weighted by Gasteiger charge is 2.30. The van der Waals surface area contributed by atoms with Crippen LogP contribution >= 0.6 is 0 Å². The highest BCUT2D eigenvalue weighted by Crippen LogP contribution is 2.36. The van der Waals surface area contributed by atoms with Gasteiger partial charge in [-0.3, -0.25) is 0 Å². The van der Waals surface area contributed by atoms with Gasteiger partial charge in [0.1, 0.15) is 5.69 Å². The fraction of sp³-hybridized carbons (Fsp3) is 0.810. The van der Waals surface area contributed by atoms with Crippen molar-refractivity contribution in [2.24, 2.45) is 5.92 Å². The molecular weight excluding hydrogens is 352 g/mol. The Morgan fingerprint density at radius 3 is 2.64 bits per heavy atom. The molecule has 7 heteroatoms. The van der Waals surface area contributed by atoms with E-state index in [-0.39, 0.29) is 0 Å². The summed E-state index contributed by atoms with van der Waals surface area (Å²) < 4.78 is 5.71. The monoisotopic (exact) mass is 388 g/mol. The fourth-order valence-electron chi connectivity index (χ4n) is 4.87. The zero-order chi connectivity index (χ0) is 19.3. The minimum absolute atomic E-state index is 0.408. The summed E-state index contributed by atoms with van der Waals surface area (Å²) in [7, 11) is 0. The van der Waals surface area contributed by atoms with Gasteiger partial charge >= 0.3 is 6.01 Å². The summed E-state index contributed by atoms with van der Waals surface area (Å²) >= 11 is 0. The lowest BCUT2D eigenvalue weighted by atomic mass is 9.90. The number of nitrogens with two attached hydrogens (primary N) is 1. The van der Waals surface area contributed by atoms with Gasteiger partial charge in [0.05, 0.1) is 13.3 Å². The Bertz CT molecular complexity index is 640. The Balaban J connectivity index is 1.33. The highest BCUT2D eigenvalue weighted by atomic mass is 16.5. The van der Waals surface area contributed by atoms with E-state index in [1.165, 1.54) is 58.0 Å². The Labute approximate surface area is 169 Å². The molecule has 1 saturated carbocycles. The summed E-state index contributed by atoms with van der Waals surface area (Å²) in [6, 6.07) is 1.25. The molecule has 0 unspecified atom stereocenters. The number of hydrogen-bond acceptors (Lipinski definition) is 7. The molecule has 1 saturated heterocycles. The fourth-order valence-corrected chi connectivity index (χ4v) is 4.87. The summed E-state index contributed by atoms with van der Waals surface area (Å²) in [4.78, 5) is 14.0. The van der Waals surface area contributed by atoms with Crippen molar-refractivity contribution in [2.75, 3.05) is 48.9 Å². The molecule has 3 N–H and O–H groups in total. The average Bonchev–Trinajstić information content (AvgIpc) is 3.13. The van der Waals surface area contributed by atoms with Gasteiger partial charge in [0.25, 0.3) is 0 Å².